The van der Waals surface area contributed by atoms with E-state index in [0.717, 1.165) is 0 Å². The van der Waals surface area contributed by atoms with Gasteiger partial charge in [0, 0.05) is 13.5 Å². The van der Waals surface area contributed by atoms with Crippen LogP contribution in [0, 0.1) is 17.7 Å². The second-order valence-corrected chi connectivity index (χ2v) is 3.17. The van der Waals surface area contributed by atoms with Crippen molar-refractivity contribution in [2.75, 3.05) is 19.0 Å². The third kappa shape index (κ3) is 4.13. The van der Waals surface area contributed by atoms with E-state index in [1.165, 1.54) is 25.2 Å². The van der Waals surface area contributed by atoms with Gasteiger partial charge in [0.2, 0.25) is 0 Å². The van der Waals surface area contributed by atoms with Crippen LogP contribution >= 0.6 is 0 Å². The Kier molecular flexibility index (Phi) is 4.98. The monoisotopic (exact) mass is 236 g/mol. The molecule has 0 aliphatic carbocycles. The predicted molar refractivity (Wildman–Crippen MR) is 63.1 cm³/mol. The Labute approximate surface area is 98.8 Å². The zero-order chi connectivity index (χ0) is 12.7. The first-order valence-electron chi connectivity index (χ1n) is 5.05. The van der Waals surface area contributed by atoms with Crippen molar-refractivity contribution >= 4 is 11.7 Å². The van der Waals surface area contributed by atoms with Gasteiger partial charge in [0.05, 0.1) is 17.9 Å². The number of rotatable bonds is 2. The number of aliphatic hydroxyl groups is 1. The maximum atomic E-state index is 13.0. The molecule has 0 saturated carbocycles. The first kappa shape index (κ1) is 13.0. The Morgan fingerprint density at radius 1 is 1.53 bits per heavy atom. The third-order valence-electron chi connectivity index (χ3n) is 1.92. The first-order valence-corrected chi connectivity index (χ1v) is 5.05. The van der Waals surface area contributed by atoms with E-state index < -0.39 is 11.8 Å². The minimum absolute atomic E-state index is 0.0550. The van der Waals surface area contributed by atoms with Crippen LogP contribution in [-0.2, 0) is 0 Å². The molecule has 1 rings (SSSR count). The third-order valence-corrected chi connectivity index (χ3v) is 1.92. The average Bonchev–Trinajstić information content (AvgIpc) is 2.32. The van der Waals surface area contributed by atoms with Gasteiger partial charge in [-0.25, -0.2) is 9.18 Å². The molecule has 0 heterocycles. The first-order chi connectivity index (χ1) is 8.17. The van der Waals surface area contributed by atoms with E-state index in [-0.39, 0.29) is 6.61 Å². The highest BCUT2D eigenvalue weighted by Crippen LogP contribution is 2.15. The van der Waals surface area contributed by atoms with Crippen molar-refractivity contribution in [3.8, 4) is 11.8 Å². The quantitative estimate of drug-likeness (QED) is 0.678. The van der Waals surface area contributed by atoms with Gasteiger partial charge >= 0.3 is 6.03 Å². The Morgan fingerprint density at radius 2 is 2.29 bits per heavy atom. The van der Waals surface area contributed by atoms with E-state index in [4.69, 9.17) is 5.11 Å². The molecule has 1 aromatic rings. The van der Waals surface area contributed by atoms with Crippen LogP contribution in [0.3, 0.4) is 0 Å². The molecule has 17 heavy (non-hydrogen) atoms. The minimum atomic E-state index is -0.430. The largest absolute Gasteiger partial charge is 0.395 e. The molecule has 3 N–H and O–H groups in total. The van der Waals surface area contributed by atoms with Crippen LogP contribution < -0.4 is 10.6 Å². The van der Waals surface area contributed by atoms with Crippen LogP contribution in [0.4, 0.5) is 14.9 Å². The average molecular weight is 236 g/mol. The molecule has 0 saturated heterocycles. The number of halogens is 1. The van der Waals surface area contributed by atoms with Gasteiger partial charge in [-0.3, -0.25) is 0 Å². The molecule has 0 aliphatic heterocycles. The second kappa shape index (κ2) is 6.51. The number of hydrogen-bond acceptors (Lipinski definition) is 2. The summed E-state index contributed by atoms with van der Waals surface area (Å²) in [6.45, 7) is -0.0550. The van der Waals surface area contributed by atoms with Crippen LogP contribution in [0.15, 0.2) is 18.2 Å². The summed E-state index contributed by atoms with van der Waals surface area (Å²) >= 11 is 0. The van der Waals surface area contributed by atoms with Crippen LogP contribution in [0.25, 0.3) is 0 Å². The summed E-state index contributed by atoms with van der Waals surface area (Å²) in [5.74, 6) is 4.93. The van der Waals surface area contributed by atoms with E-state index in [0.29, 0.717) is 17.7 Å². The molecule has 0 bridgehead atoms. The molecule has 0 unspecified atom stereocenters. The molecule has 0 aliphatic rings. The lowest BCUT2D eigenvalue weighted by Gasteiger charge is -2.06. The van der Waals surface area contributed by atoms with Crippen LogP contribution in [0.1, 0.15) is 12.0 Å². The number of benzene rings is 1. The van der Waals surface area contributed by atoms with E-state index >= 15 is 0 Å². The number of aliphatic hydroxyl groups excluding tert-OH is 1. The maximum absolute atomic E-state index is 13.0. The highest BCUT2D eigenvalue weighted by atomic mass is 19.1. The van der Waals surface area contributed by atoms with E-state index in [9.17, 15) is 9.18 Å². The van der Waals surface area contributed by atoms with Gasteiger partial charge in [-0.1, -0.05) is 11.8 Å². The fourth-order valence-corrected chi connectivity index (χ4v) is 1.13. The number of nitrogens with one attached hydrogen (secondary N) is 2. The van der Waals surface area contributed by atoms with Gasteiger partial charge in [0.15, 0.2) is 0 Å². The van der Waals surface area contributed by atoms with Crippen LogP contribution in [0.2, 0.25) is 0 Å². The van der Waals surface area contributed by atoms with Gasteiger partial charge in [0.1, 0.15) is 5.82 Å². The van der Waals surface area contributed by atoms with Crippen molar-refractivity contribution in [1.82, 2.24) is 5.32 Å². The Balaban J connectivity index is 2.96. The lowest BCUT2D eigenvalue weighted by atomic mass is 10.1. The number of urea groups is 1. The Bertz CT molecular complexity index is 463. The molecule has 0 atom stereocenters. The van der Waals surface area contributed by atoms with Crippen molar-refractivity contribution in [2.24, 2.45) is 0 Å². The zero-order valence-corrected chi connectivity index (χ0v) is 9.38. The van der Waals surface area contributed by atoms with Crippen molar-refractivity contribution < 1.29 is 14.3 Å². The number of hydrogen-bond donors (Lipinski definition) is 3. The van der Waals surface area contributed by atoms with Gasteiger partial charge < -0.3 is 15.7 Å². The SMILES string of the molecule is CNC(=O)Nc1ccc(F)cc1C#CCCO. The standard InChI is InChI=1S/C12H13FN2O2/c1-14-12(17)15-11-6-5-10(13)8-9(11)4-2-3-7-16/h5-6,8,16H,3,7H2,1H3,(H2,14,15,17). The second-order valence-electron chi connectivity index (χ2n) is 3.17. The fourth-order valence-electron chi connectivity index (χ4n) is 1.13. The topological polar surface area (TPSA) is 61.4 Å². The molecule has 0 spiro atoms. The molecule has 5 heteroatoms. The molecular formula is C12H13FN2O2. The molecular weight excluding hydrogens is 223 g/mol. The maximum Gasteiger partial charge on any atom is 0.319 e. The summed E-state index contributed by atoms with van der Waals surface area (Å²) in [7, 11) is 1.48. The van der Waals surface area contributed by atoms with Gasteiger partial charge in [-0.15, -0.1) is 0 Å². The molecule has 1 aromatic carbocycles. The lowest BCUT2D eigenvalue weighted by molar-refractivity contribution is 0.254. The highest BCUT2D eigenvalue weighted by molar-refractivity contribution is 5.90. The van der Waals surface area contributed by atoms with Gasteiger partial charge in [0.25, 0.3) is 0 Å². The number of anilines is 1. The van der Waals surface area contributed by atoms with Crippen molar-refractivity contribution in [3.63, 3.8) is 0 Å². The summed E-state index contributed by atoms with van der Waals surface area (Å²) in [6, 6.07) is 3.51. The number of carbonyl (C=O) groups is 1. The number of carbonyl (C=O) groups excluding carboxylic acids is 1. The highest BCUT2D eigenvalue weighted by Gasteiger charge is 2.04. The lowest BCUT2D eigenvalue weighted by Crippen LogP contribution is -2.24. The molecule has 4 nitrogen and oxygen atoms in total. The summed E-state index contributed by atoms with van der Waals surface area (Å²) in [5.41, 5.74) is 0.804. The zero-order valence-electron chi connectivity index (χ0n) is 9.38. The van der Waals surface area contributed by atoms with E-state index in [2.05, 4.69) is 22.5 Å². The Hall–Kier alpha value is -2.06. The minimum Gasteiger partial charge on any atom is -0.395 e. The van der Waals surface area contributed by atoms with Crippen molar-refractivity contribution in [1.29, 1.82) is 0 Å². The van der Waals surface area contributed by atoms with Gasteiger partial charge in [-0.2, -0.15) is 0 Å². The molecule has 90 valence electrons. The molecule has 0 radical (unpaired) electrons. The molecule has 0 fully saturated rings. The predicted octanol–water partition coefficient (Wildman–Crippen LogP) is 1.31. The van der Waals surface area contributed by atoms with Crippen molar-refractivity contribution in [2.45, 2.75) is 6.42 Å². The van der Waals surface area contributed by atoms with Crippen LogP contribution in [-0.4, -0.2) is 24.8 Å². The Morgan fingerprint density at radius 3 is 2.94 bits per heavy atom. The van der Waals surface area contributed by atoms with E-state index in [1.807, 2.05) is 0 Å². The molecule has 0 aromatic heterocycles. The van der Waals surface area contributed by atoms with E-state index in [1.54, 1.807) is 0 Å². The summed E-state index contributed by atoms with van der Waals surface area (Å²) in [5, 5.41) is 13.5. The smallest absolute Gasteiger partial charge is 0.319 e. The summed E-state index contributed by atoms with van der Waals surface area (Å²) < 4.78 is 13.0. The van der Waals surface area contributed by atoms with Crippen molar-refractivity contribution in [3.05, 3.63) is 29.6 Å². The fraction of sp³-hybridized carbons (Fsp3) is 0.250. The van der Waals surface area contributed by atoms with Crippen LogP contribution in [0.5, 0.6) is 0 Å². The van der Waals surface area contributed by atoms with Gasteiger partial charge in [-0.05, 0) is 18.2 Å². The summed E-state index contributed by atoms with van der Waals surface area (Å²) in [4.78, 5) is 11.1. The number of amides is 2. The summed E-state index contributed by atoms with van der Waals surface area (Å²) in [6.07, 6.45) is 0.302. The normalized spacial score (nSPS) is 9.12. The molecule has 2 amide bonds.